The van der Waals surface area contributed by atoms with Gasteiger partial charge in [0.15, 0.2) is 0 Å². The normalized spacial score (nSPS) is 10.5. The lowest BCUT2D eigenvalue weighted by atomic mass is 10.1. The van der Waals surface area contributed by atoms with Gasteiger partial charge in [-0.05, 0) is 19.4 Å². The van der Waals surface area contributed by atoms with E-state index in [1.54, 1.807) is 6.21 Å². The molecule has 0 unspecified atom stereocenters. The van der Waals surface area contributed by atoms with Gasteiger partial charge in [-0.15, -0.1) is 0 Å². The summed E-state index contributed by atoms with van der Waals surface area (Å²) < 4.78 is 0. The largest absolute Gasteiger partial charge is 0.391 e. The van der Waals surface area contributed by atoms with E-state index in [-0.39, 0.29) is 0 Å². The maximum absolute atomic E-state index is 4.99. The van der Waals surface area contributed by atoms with Gasteiger partial charge in [0.25, 0.3) is 0 Å². The fraction of sp³-hybridized carbons (Fsp3) is 0.300. The molecular formula is C10H13NO. The van der Waals surface area contributed by atoms with E-state index in [0.717, 1.165) is 5.56 Å². The molecular weight excluding hydrogens is 150 g/mol. The van der Waals surface area contributed by atoms with Crippen molar-refractivity contribution in [3.8, 4) is 0 Å². The standard InChI is InChI=1S/C10H13NO/c1-3-11-12-8-10-6-4-5-9(2)7-10/h3-7H,8H2,1-2H3. The Morgan fingerprint density at radius 2 is 2.33 bits per heavy atom. The van der Waals surface area contributed by atoms with Gasteiger partial charge < -0.3 is 4.84 Å². The van der Waals surface area contributed by atoms with Crippen LogP contribution >= 0.6 is 0 Å². The minimum absolute atomic E-state index is 0.548. The summed E-state index contributed by atoms with van der Waals surface area (Å²) in [5.74, 6) is 0. The van der Waals surface area contributed by atoms with Gasteiger partial charge in [-0.3, -0.25) is 0 Å². The molecule has 0 spiro atoms. The number of hydrogen-bond donors (Lipinski definition) is 0. The zero-order valence-electron chi connectivity index (χ0n) is 7.45. The molecule has 0 radical (unpaired) electrons. The monoisotopic (exact) mass is 163 g/mol. The fourth-order valence-corrected chi connectivity index (χ4v) is 0.988. The first-order valence-corrected chi connectivity index (χ1v) is 3.98. The molecule has 0 aliphatic rings. The average molecular weight is 163 g/mol. The smallest absolute Gasteiger partial charge is 0.142 e. The summed E-state index contributed by atoms with van der Waals surface area (Å²) in [4.78, 5) is 4.99. The van der Waals surface area contributed by atoms with Crippen LogP contribution in [0.1, 0.15) is 18.1 Å². The number of oxime groups is 1. The van der Waals surface area contributed by atoms with Crippen molar-refractivity contribution in [1.29, 1.82) is 0 Å². The number of hydrogen-bond acceptors (Lipinski definition) is 2. The molecule has 1 rings (SSSR count). The lowest BCUT2D eigenvalue weighted by Gasteiger charge is -1.99. The van der Waals surface area contributed by atoms with E-state index < -0.39 is 0 Å². The second-order valence-electron chi connectivity index (χ2n) is 2.63. The zero-order chi connectivity index (χ0) is 8.81. The molecule has 0 bridgehead atoms. The van der Waals surface area contributed by atoms with Crippen LogP contribution in [-0.4, -0.2) is 6.21 Å². The van der Waals surface area contributed by atoms with Crippen LogP contribution in [0.25, 0.3) is 0 Å². The maximum Gasteiger partial charge on any atom is 0.142 e. The Morgan fingerprint density at radius 3 is 3.00 bits per heavy atom. The lowest BCUT2D eigenvalue weighted by Crippen LogP contribution is -1.87. The number of nitrogens with zero attached hydrogens (tertiary/aromatic N) is 1. The van der Waals surface area contributed by atoms with E-state index in [2.05, 4.69) is 24.2 Å². The second kappa shape index (κ2) is 4.54. The maximum atomic E-state index is 4.99. The van der Waals surface area contributed by atoms with Gasteiger partial charge in [0, 0.05) is 6.21 Å². The Bertz CT molecular complexity index is 268. The summed E-state index contributed by atoms with van der Waals surface area (Å²) in [5.41, 5.74) is 2.40. The molecule has 0 fully saturated rings. The highest BCUT2D eigenvalue weighted by Crippen LogP contribution is 2.04. The van der Waals surface area contributed by atoms with E-state index in [1.807, 2.05) is 19.1 Å². The molecule has 0 amide bonds. The molecule has 0 aliphatic carbocycles. The molecule has 1 aromatic rings. The molecule has 2 nitrogen and oxygen atoms in total. The van der Waals surface area contributed by atoms with Crippen molar-refractivity contribution in [2.24, 2.45) is 5.16 Å². The highest BCUT2D eigenvalue weighted by atomic mass is 16.6. The van der Waals surface area contributed by atoms with Crippen molar-refractivity contribution >= 4 is 6.21 Å². The van der Waals surface area contributed by atoms with Crippen LogP contribution in [0.5, 0.6) is 0 Å². The van der Waals surface area contributed by atoms with Crippen LogP contribution in [0.3, 0.4) is 0 Å². The van der Waals surface area contributed by atoms with Crippen LogP contribution in [0.15, 0.2) is 29.4 Å². The van der Waals surface area contributed by atoms with Crippen LogP contribution < -0.4 is 0 Å². The minimum Gasteiger partial charge on any atom is -0.391 e. The topological polar surface area (TPSA) is 21.6 Å². The van der Waals surface area contributed by atoms with Gasteiger partial charge >= 0.3 is 0 Å². The van der Waals surface area contributed by atoms with Gasteiger partial charge in [-0.1, -0.05) is 35.0 Å². The van der Waals surface area contributed by atoms with Crippen LogP contribution in [0.2, 0.25) is 0 Å². The van der Waals surface area contributed by atoms with Gasteiger partial charge in [-0.2, -0.15) is 0 Å². The Balaban J connectivity index is 2.52. The SMILES string of the molecule is CC=NOCc1cccc(C)c1. The Morgan fingerprint density at radius 1 is 1.50 bits per heavy atom. The van der Waals surface area contributed by atoms with Crippen molar-refractivity contribution in [3.05, 3.63) is 35.4 Å². The van der Waals surface area contributed by atoms with E-state index in [0.29, 0.717) is 6.61 Å². The summed E-state index contributed by atoms with van der Waals surface area (Å²) >= 11 is 0. The van der Waals surface area contributed by atoms with Gasteiger partial charge in [0.2, 0.25) is 0 Å². The van der Waals surface area contributed by atoms with Crippen molar-refractivity contribution in [2.75, 3.05) is 0 Å². The van der Waals surface area contributed by atoms with Crippen LogP contribution in [0.4, 0.5) is 0 Å². The summed E-state index contributed by atoms with van der Waals surface area (Å²) in [7, 11) is 0. The second-order valence-corrected chi connectivity index (χ2v) is 2.63. The molecule has 1 aromatic carbocycles. The third kappa shape index (κ3) is 2.74. The first-order chi connectivity index (χ1) is 5.83. The van der Waals surface area contributed by atoms with Crippen LogP contribution in [0, 0.1) is 6.92 Å². The third-order valence-corrected chi connectivity index (χ3v) is 1.49. The molecule has 0 saturated heterocycles. The van der Waals surface area contributed by atoms with Crippen molar-refractivity contribution < 1.29 is 4.84 Å². The van der Waals surface area contributed by atoms with Crippen molar-refractivity contribution in [1.82, 2.24) is 0 Å². The summed E-state index contributed by atoms with van der Waals surface area (Å²) in [6.07, 6.45) is 1.63. The summed E-state index contributed by atoms with van der Waals surface area (Å²) in [6.45, 7) is 4.44. The first kappa shape index (κ1) is 8.78. The van der Waals surface area contributed by atoms with E-state index in [9.17, 15) is 0 Å². The summed E-state index contributed by atoms with van der Waals surface area (Å²) in [5, 5.41) is 3.67. The van der Waals surface area contributed by atoms with Gasteiger partial charge in [0.05, 0.1) is 0 Å². The predicted molar refractivity (Wildman–Crippen MR) is 50.1 cm³/mol. The van der Waals surface area contributed by atoms with E-state index in [4.69, 9.17) is 4.84 Å². The van der Waals surface area contributed by atoms with Gasteiger partial charge in [-0.25, -0.2) is 0 Å². The number of rotatable bonds is 3. The molecule has 2 heteroatoms. The number of benzene rings is 1. The third-order valence-electron chi connectivity index (χ3n) is 1.49. The number of aryl methyl sites for hydroxylation is 1. The lowest BCUT2D eigenvalue weighted by molar-refractivity contribution is 0.132. The first-order valence-electron chi connectivity index (χ1n) is 3.98. The van der Waals surface area contributed by atoms with Crippen molar-refractivity contribution in [2.45, 2.75) is 20.5 Å². The molecule has 0 atom stereocenters. The molecule has 0 aliphatic heterocycles. The minimum atomic E-state index is 0.548. The Labute approximate surface area is 72.9 Å². The fourth-order valence-electron chi connectivity index (χ4n) is 0.988. The molecule has 0 saturated carbocycles. The Kier molecular flexibility index (Phi) is 3.33. The summed E-state index contributed by atoms with van der Waals surface area (Å²) in [6, 6.07) is 8.19. The molecule has 0 aromatic heterocycles. The molecule has 12 heavy (non-hydrogen) atoms. The highest BCUT2D eigenvalue weighted by molar-refractivity contribution is 5.52. The predicted octanol–water partition coefficient (Wildman–Crippen LogP) is 2.52. The quantitative estimate of drug-likeness (QED) is 0.495. The zero-order valence-corrected chi connectivity index (χ0v) is 7.45. The highest BCUT2D eigenvalue weighted by Gasteiger charge is 1.91. The molecule has 0 heterocycles. The molecule has 0 N–H and O–H groups in total. The van der Waals surface area contributed by atoms with E-state index in [1.165, 1.54) is 5.56 Å². The van der Waals surface area contributed by atoms with E-state index >= 15 is 0 Å². The Hall–Kier alpha value is -1.31. The van der Waals surface area contributed by atoms with Crippen molar-refractivity contribution in [3.63, 3.8) is 0 Å². The van der Waals surface area contributed by atoms with Gasteiger partial charge in [0.1, 0.15) is 6.61 Å². The average Bonchev–Trinajstić information content (AvgIpc) is 2.05. The molecule has 64 valence electrons. The van der Waals surface area contributed by atoms with Crippen LogP contribution in [-0.2, 0) is 11.4 Å².